The van der Waals surface area contributed by atoms with E-state index in [9.17, 15) is 23.1 Å². The monoisotopic (exact) mass is 308 g/mol. The van der Waals surface area contributed by atoms with Crippen LogP contribution in [0.1, 0.15) is 12.1 Å². The SMILES string of the molecule is Cc1[nH]c(=O)sc1S(=O)(=O)N1CC(O)C[C@@H]1C(=O)O. The molecule has 1 unspecified atom stereocenters. The Balaban J connectivity index is 2.47. The number of carbonyl (C=O) groups is 1. The number of hydrogen-bond donors (Lipinski definition) is 3. The Kier molecular flexibility index (Phi) is 3.51. The van der Waals surface area contributed by atoms with Crippen molar-refractivity contribution >= 4 is 27.3 Å². The van der Waals surface area contributed by atoms with Gasteiger partial charge in [-0.2, -0.15) is 4.31 Å². The summed E-state index contributed by atoms with van der Waals surface area (Å²) in [6, 6.07) is -1.31. The van der Waals surface area contributed by atoms with Gasteiger partial charge < -0.3 is 15.2 Å². The average Bonchev–Trinajstić information content (AvgIpc) is 2.82. The number of hydrogen-bond acceptors (Lipinski definition) is 6. The number of carboxylic acids is 1. The second-order valence-corrected chi connectivity index (χ2v) is 7.31. The van der Waals surface area contributed by atoms with Crippen molar-refractivity contribution in [3.05, 3.63) is 15.4 Å². The summed E-state index contributed by atoms with van der Waals surface area (Å²) in [5, 5.41) is 18.5. The lowest BCUT2D eigenvalue weighted by molar-refractivity contribution is -0.140. The molecule has 1 aliphatic heterocycles. The van der Waals surface area contributed by atoms with Crippen molar-refractivity contribution in [3.8, 4) is 0 Å². The van der Waals surface area contributed by atoms with E-state index in [0.29, 0.717) is 11.3 Å². The van der Waals surface area contributed by atoms with Crippen molar-refractivity contribution in [3.63, 3.8) is 0 Å². The number of H-pyrrole nitrogens is 1. The molecule has 1 aliphatic rings. The predicted molar refractivity (Wildman–Crippen MR) is 65.6 cm³/mol. The first-order valence-corrected chi connectivity index (χ1v) is 7.61. The Morgan fingerprint density at radius 1 is 1.53 bits per heavy atom. The topological polar surface area (TPSA) is 128 Å². The van der Waals surface area contributed by atoms with E-state index in [1.807, 2.05) is 0 Å². The fourth-order valence-electron chi connectivity index (χ4n) is 2.02. The van der Waals surface area contributed by atoms with E-state index in [2.05, 4.69) is 4.98 Å². The van der Waals surface area contributed by atoms with Crippen LogP contribution in [-0.4, -0.2) is 52.6 Å². The van der Waals surface area contributed by atoms with Crippen LogP contribution in [0.15, 0.2) is 9.00 Å². The van der Waals surface area contributed by atoms with Crippen LogP contribution in [0, 0.1) is 6.92 Å². The number of aromatic amines is 1. The molecule has 1 saturated heterocycles. The number of aryl methyl sites for hydroxylation is 1. The number of sulfonamides is 1. The maximum absolute atomic E-state index is 12.3. The highest BCUT2D eigenvalue weighted by molar-refractivity contribution is 7.91. The Morgan fingerprint density at radius 3 is 2.63 bits per heavy atom. The number of nitrogens with zero attached hydrogens (tertiary/aromatic N) is 1. The molecule has 2 heterocycles. The van der Waals surface area contributed by atoms with Crippen LogP contribution in [0.2, 0.25) is 0 Å². The smallest absolute Gasteiger partial charge is 0.322 e. The number of β-amino-alcohol motifs (C(OH)–C–C–N with tert-alkyl or cyclic N) is 1. The van der Waals surface area contributed by atoms with Crippen LogP contribution >= 0.6 is 11.3 Å². The maximum atomic E-state index is 12.3. The second kappa shape index (κ2) is 4.71. The first-order chi connectivity index (χ1) is 8.73. The molecule has 19 heavy (non-hydrogen) atoms. The molecule has 0 amide bonds. The summed E-state index contributed by atoms with van der Waals surface area (Å²) in [6.45, 7) is 1.14. The van der Waals surface area contributed by atoms with Crippen LogP contribution in [-0.2, 0) is 14.8 Å². The van der Waals surface area contributed by atoms with Crippen LogP contribution < -0.4 is 4.87 Å². The number of aliphatic hydroxyl groups excluding tert-OH is 1. The van der Waals surface area contributed by atoms with Crippen LogP contribution in [0.4, 0.5) is 0 Å². The van der Waals surface area contributed by atoms with Gasteiger partial charge in [-0.1, -0.05) is 11.3 Å². The zero-order valence-corrected chi connectivity index (χ0v) is 11.5. The van der Waals surface area contributed by atoms with Gasteiger partial charge in [-0.25, -0.2) is 8.42 Å². The van der Waals surface area contributed by atoms with Gasteiger partial charge in [0.2, 0.25) is 0 Å². The molecular weight excluding hydrogens is 296 g/mol. The van der Waals surface area contributed by atoms with Crippen molar-refractivity contribution in [1.29, 1.82) is 0 Å². The van der Waals surface area contributed by atoms with E-state index in [1.54, 1.807) is 0 Å². The summed E-state index contributed by atoms with van der Waals surface area (Å²) in [5.74, 6) is -1.32. The summed E-state index contributed by atoms with van der Waals surface area (Å²) >= 11 is 0.508. The number of aromatic nitrogens is 1. The number of aliphatic hydroxyl groups is 1. The molecule has 0 spiro atoms. The highest BCUT2D eigenvalue weighted by atomic mass is 32.2. The highest BCUT2D eigenvalue weighted by Gasteiger charge is 2.44. The molecule has 3 N–H and O–H groups in total. The minimum absolute atomic E-state index is 0.160. The maximum Gasteiger partial charge on any atom is 0.322 e. The summed E-state index contributed by atoms with van der Waals surface area (Å²) in [4.78, 5) is 24.0. The average molecular weight is 308 g/mol. The lowest BCUT2D eigenvalue weighted by Crippen LogP contribution is -2.40. The molecule has 0 aliphatic carbocycles. The fraction of sp³-hybridized carbons (Fsp3) is 0.556. The number of rotatable bonds is 3. The summed E-state index contributed by atoms with van der Waals surface area (Å²) < 4.78 is 25.2. The van der Waals surface area contributed by atoms with Crippen LogP contribution in [0.5, 0.6) is 0 Å². The zero-order valence-electron chi connectivity index (χ0n) is 9.86. The molecule has 1 aromatic rings. The molecule has 0 bridgehead atoms. The Morgan fingerprint density at radius 2 is 2.16 bits per heavy atom. The number of thiazole rings is 1. The highest BCUT2D eigenvalue weighted by Crippen LogP contribution is 2.28. The van der Waals surface area contributed by atoms with Gasteiger partial charge in [-0.3, -0.25) is 9.59 Å². The van der Waals surface area contributed by atoms with Gasteiger partial charge in [-0.15, -0.1) is 0 Å². The third-order valence-electron chi connectivity index (χ3n) is 2.84. The van der Waals surface area contributed by atoms with Gasteiger partial charge in [-0.05, 0) is 6.92 Å². The molecule has 2 atom stereocenters. The van der Waals surface area contributed by atoms with Gasteiger partial charge in [0, 0.05) is 18.7 Å². The lowest BCUT2D eigenvalue weighted by Gasteiger charge is -2.19. The first kappa shape index (κ1) is 14.2. The Hall–Kier alpha value is -1.23. The number of aliphatic carboxylic acids is 1. The molecular formula is C9H12N2O6S2. The second-order valence-electron chi connectivity index (χ2n) is 4.25. The van der Waals surface area contributed by atoms with E-state index in [4.69, 9.17) is 5.11 Å². The van der Waals surface area contributed by atoms with Gasteiger partial charge >= 0.3 is 10.8 Å². The minimum atomic E-state index is -4.10. The molecule has 106 valence electrons. The summed E-state index contributed by atoms with van der Waals surface area (Å²) in [6.07, 6.45) is -1.18. The molecule has 0 radical (unpaired) electrons. The van der Waals surface area contributed by atoms with E-state index in [-0.39, 0.29) is 22.9 Å². The van der Waals surface area contributed by atoms with Crippen molar-refractivity contribution in [2.24, 2.45) is 0 Å². The van der Waals surface area contributed by atoms with Crippen LogP contribution in [0.25, 0.3) is 0 Å². The van der Waals surface area contributed by atoms with E-state index < -0.39 is 33.0 Å². The standard InChI is InChI=1S/C9H12N2O6S2/c1-4-8(18-9(15)10-4)19(16,17)11-3-5(12)2-6(11)7(13)14/h5-6,12H,2-3H2,1H3,(H,10,15)(H,13,14)/t5?,6-/m1/s1. The minimum Gasteiger partial charge on any atom is -0.480 e. The van der Waals surface area contributed by atoms with Gasteiger partial charge in [0.25, 0.3) is 10.0 Å². The van der Waals surface area contributed by atoms with Crippen LogP contribution in [0.3, 0.4) is 0 Å². The van der Waals surface area contributed by atoms with E-state index in [1.165, 1.54) is 6.92 Å². The van der Waals surface area contributed by atoms with Gasteiger partial charge in [0.05, 0.1) is 6.10 Å². The zero-order chi connectivity index (χ0) is 14.4. The third-order valence-corrected chi connectivity index (χ3v) is 6.30. The first-order valence-electron chi connectivity index (χ1n) is 5.36. The molecule has 0 saturated carbocycles. The largest absolute Gasteiger partial charge is 0.480 e. The van der Waals surface area contributed by atoms with Gasteiger partial charge in [0.1, 0.15) is 6.04 Å². The molecule has 1 fully saturated rings. The van der Waals surface area contributed by atoms with Gasteiger partial charge in [0.15, 0.2) is 4.21 Å². The summed E-state index contributed by atoms with van der Waals surface area (Å²) in [5.41, 5.74) is 0.167. The molecule has 1 aromatic heterocycles. The summed E-state index contributed by atoms with van der Waals surface area (Å²) in [7, 11) is -4.10. The van der Waals surface area contributed by atoms with Crippen molar-refractivity contribution < 1.29 is 23.4 Å². The Bertz CT molecular complexity index is 660. The number of nitrogens with one attached hydrogen (secondary N) is 1. The van der Waals surface area contributed by atoms with Crippen molar-refractivity contribution in [1.82, 2.24) is 9.29 Å². The molecule has 0 aromatic carbocycles. The van der Waals surface area contributed by atoms with Crippen molar-refractivity contribution in [2.45, 2.75) is 29.7 Å². The third kappa shape index (κ3) is 2.43. The molecule has 10 heteroatoms. The molecule has 2 rings (SSSR count). The predicted octanol–water partition coefficient (Wildman–Crippen LogP) is -1.05. The number of carboxylic acid groups (broad SMARTS) is 1. The lowest BCUT2D eigenvalue weighted by atomic mass is 10.2. The van der Waals surface area contributed by atoms with E-state index >= 15 is 0 Å². The molecule has 8 nitrogen and oxygen atoms in total. The fourth-order valence-corrected chi connectivity index (χ4v) is 5.06. The Labute approximate surface area is 112 Å². The normalized spacial score (nSPS) is 24.7. The van der Waals surface area contributed by atoms with Crippen molar-refractivity contribution in [2.75, 3.05) is 6.54 Å². The quantitative estimate of drug-likeness (QED) is 0.654. The van der Waals surface area contributed by atoms with E-state index in [0.717, 1.165) is 4.31 Å².